The standard InChI is InChI=1S/C24H20N4O2S/c1-15-22(28-24(31-15)18-6-4-3-5-7-18)17-8-10-20(11-9-17)27-23(30)19-12-13-25-21(14-19)26-16(2)29/h3-14H,1-2H3,(H,27,30)(H,25,26,29). The van der Waals surface area contributed by atoms with Crippen LogP contribution in [0.25, 0.3) is 21.8 Å². The van der Waals surface area contributed by atoms with Crippen LogP contribution in [-0.4, -0.2) is 21.8 Å². The van der Waals surface area contributed by atoms with E-state index < -0.39 is 0 Å². The van der Waals surface area contributed by atoms with Crippen molar-refractivity contribution in [3.05, 3.63) is 83.4 Å². The highest BCUT2D eigenvalue weighted by atomic mass is 32.1. The normalized spacial score (nSPS) is 10.5. The third-order valence-corrected chi connectivity index (χ3v) is 5.58. The number of aryl methyl sites for hydroxylation is 1. The van der Waals surface area contributed by atoms with Crippen LogP contribution >= 0.6 is 11.3 Å². The second-order valence-corrected chi connectivity index (χ2v) is 8.14. The van der Waals surface area contributed by atoms with Crippen LogP contribution in [0.2, 0.25) is 0 Å². The minimum Gasteiger partial charge on any atom is -0.322 e. The van der Waals surface area contributed by atoms with E-state index in [2.05, 4.69) is 34.7 Å². The van der Waals surface area contributed by atoms with Crippen LogP contribution in [0.5, 0.6) is 0 Å². The lowest BCUT2D eigenvalue weighted by atomic mass is 10.1. The molecular weight excluding hydrogens is 408 g/mol. The SMILES string of the molecule is CC(=O)Nc1cc(C(=O)Nc2ccc(-c3nc(-c4ccccc4)sc3C)cc2)ccn1. The molecule has 0 bridgehead atoms. The molecule has 2 aromatic carbocycles. The van der Waals surface area contributed by atoms with Crippen LogP contribution in [0.15, 0.2) is 72.9 Å². The summed E-state index contributed by atoms with van der Waals surface area (Å²) in [7, 11) is 0. The number of aromatic nitrogens is 2. The van der Waals surface area contributed by atoms with Crippen molar-refractivity contribution in [2.45, 2.75) is 13.8 Å². The van der Waals surface area contributed by atoms with E-state index in [-0.39, 0.29) is 11.8 Å². The Hall–Kier alpha value is -3.84. The van der Waals surface area contributed by atoms with Crippen molar-refractivity contribution in [1.82, 2.24) is 9.97 Å². The first kappa shape index (κ1) is 20.4. The number of hydrogen-bond acceptors (Lipinski definition) is 5. The minimum atomic E-state index is -0.280. The van der Waals surface area contributed by atoms with Gasteiger partial charge in [-0.15, -0.1) is 11.3 Å². The van der Waals surface area contributed by atoms with Crippen molar-refractivity contribution >= 4 is 34.7 Å². The van der Waals surface area contributed by atoms with Crippen LogP contribution in [0.3, 0.4) is 0 Å². The number of thiazole rings is 1. The molecule has 0 fully saturated rings. The van der Waals surface area contributed by atoms with E-state index in [9.17, 15) is 9.59 Å². The van der Waals surface area contributed by atoms with Gasteiger partial charge in [-0.05, 0) is 31.2 Å². The number of nitrogens with one attached hydrogen (secondary N) is 2. The maximum absolute atomic E-state index is 12.6. The van der Waals surface area contributed by atoms with Gasteiger partial charge in [0, 0.05) is 40.4 Å². The molecule has 0 saturated heterocycles. The molecule has 2 N–H and O–H groups in total. The summed E-state index contributed by atoms with van der Waals surface area (Å²) >= 11 is 1.66. The third kappa shape index (κ3) is 4.84. The molecule has 7 heteroatoms. The van der Waals surface area contributed by atoms with Crippen molar-refractivity contribution in [3.63, 3.8) is 0 Å². The largest absolute Gasteiger partial charge is 0.322 e. The highest BCUT2D eigenvalue weighted by Crippen LogP contribution is 2.33. The molecule has 31 heavy (non-hydrogen) atoms. The maximum Gasteiger partial charge on any atom is 0.255 e. The molecule has 0 saturated carbocycles. The Morgan fingerprint density at radius 2 is 1.65 bits per heavy atom. The van der Waals surface area contributed by atoms with E-state index in [1.165, 1.54) is 19.2 Å². The van der Waals surface area contributed by atoms with E-state index in [1.54, 1.807) is 17.4 Å². The Labute approximate surface area is 184 Å². The van der Waals surface area contributed by atoms with Crippen molar-refractivity contribution in [1.29, 1.82) is 0 Å². The quantitative estimate of drug-likeness (QED) is 0.446. The summed E-state index contributed by atoms with van der Waals surface area (Å²) in [6, 6.07) is 20.8. The molecule has 4 rings (SSSR count). The molecule has 2 aromatic heterocycles. The molecule has 4 aromatic rings. The second-order valence-electron chi connectivity index (χ2n) is 6.93. The number of carbonyl (C=O) groups excluding carboxylic acids is 2. The number of anilines is 2. The van der Waals surface area contributed by atoms with Gasteiger partial charge in [0.1, 0.15) is 10.8 Å². The molecular formula is C24H20N4O2S. The first-order chi connectivity index (χ1) is 15.0. The van der Waals surface area contributed by atoms with Crippen LogP contribution < -0.4 is 10.6 Å². The third-order valence-electron chi connectivity index (χ3n) is 4.56. The molecule has 0 spiro atoms. The molecule has 2 amide bonds. The molecule has 6 nitrogen and oxygen atoms in total. The minimum absolute atomic E-state index is 0.242. The summed E-state index contributed by atoms with van der Waals surface area (Å²) in [5.41, 5.74) is 4.11. The van der Waals surface area contributed by atoms with Crippen molar-refractivity contribution in [3.8, 4) is 21.8 Å². The fraction of sp³-hybridized carbons (Fsp3) is 0.0833. The molecule has 0 aliphatic carbocycles. The van der Waals surface area contributed by atoms with Crippen LogP contribution in [0, 0.1) is 6.92 Å². The molecule has 0 aliphatic rings. The van der Waals surface area contributed by atoms with E-state index >= 15 is 0 Å². The zero-order chi connectivity index (χ0) is 21.8. The molecule has 2 heterocycles. The van der Waals surface area contributed by atoms with E-state index in [4.69, 9.17) is 4.98 Å². The molecule has 0 unspecified atom stereocenters. The fourth-order valence-electron chi connectivity index (χ4n) is 3.10. The van der Waals surface area contributed by atoms with Crippen LogP contribution in [-0.2, 0) is 4.79 Å². The number of nitrogens with zero attached hydrogens (tertiary/aromatic N) is 2. The number of carbonyl (C=O) groups is 2. The average Bonchev–Trinajstić information content (AvgIpc) is 3.16. The van der Waals surface area contributed by atoms with Crippen LogP contribution in [0.4, 0.5) is 11.5 Å². The van der Waals surface area contributed by atoms with Crippen LogP contribution in [0.1, 0.15) is 22.2 Å². The lowest BCUT2D eigenvalue weighted by Crippen LogP contribution is -2.13. The fourth-order valence-corrected chi connectivity index (χ4v) is 4.04. The summed E-state index contributed by atoms with van der Waals surface area (Å²) in [4.78, 5) is 33.7. The summed E-state index contributed by atoms with van der Waals surface area (Å²) in [6.07, 6.45) is 1.48. The van der Waals surface area contributed by atoms with E-state index in [0.29, 0.717) is 17.1 Å². The number of pyridine rings is 1. The molecule has 0 atom stereocenters. The molecule has 154 valence electrons. The Morgan fingerprint density at radius 1 is 0.903 bits per heavy atom. The van der Waals surface area contributed by atoms with Gasteiger partial charge in [-0.1, -0.05) is 42.5 Å². The monoisotopic (exact) mass is 428 g/mol. The zero-order valence-corrected chi connectivity index (χ0v) is 17.9. The molecule has 0 aliphatic heterocycles. The van der Waals surface area contributed by atoms with Gasteiger partial charge in [0.15, 0.2) is 0 Å². The number of amides is 2. The Bertz CT molecular complexity index is 1230. The van der Waals surface area contributed by atoms with Gasteiger partial charge >= 0.3 is 0 Å². The summed E-state index contributed by atoms with van der Waals surface area (Å²) in [5, 5.41) is 6.42. The first-order valence-electron chi connectivity index (χ1n) is 9.68. The summed E-state index contributed by atoms with van der Waals surface area (Å²) in [5.74, 6) is -0.185. The highest BCUT2D eigenvalue weighted by Gasteiger charge is 2.12. The maximum atomic E-state index is 12.6. The van der Waals surface area contributed by atoms with Gasteiger partial charge < -0.3 is 10.6 Å². The van der Waals surface area contributed by atoms with Gasteiger partial charge in [-0.2, -0.15) is 0 Å². The predicted molar refractivity (Wildman–Crippen MR) is 124 cm³/mol. The van der Waals surface area contributed by atoms with Crippen molar-refractivity contribution in [2.24, 2.45) is 0 Å². The highest BCUT2D eigenvalue weighted by molar-refractivity contribution is 7.15. The van der Waals surface area contributed by atoms with Crippen molar-refractivity contribution in [2.75, 3.05) is 10.6 Å². The van der Waals surface area contributed by atoms with Gasteiger partial charge in [-0.3, -0.25) is 9.59 Å². The second kappa shape index (κ2) is 8.89. The number of benzene rings is 2. The zero-order valence-electron chi connectivity index (χ0n) is 17.0. The Balaban J connectivity index is 1.50. The van der Waals surface area contributed by atoms with Crippen molar-refractivity contribution < 1.29 is 9.59 Å². The topological polar surface area (TPSA) is 84.0 Å². The lowest BCUT2D eigenvalue weighted by molar-refractivity contribution is -0.114. The summed E-state index contributed by atoms with van der Waals surface area (Å²) in [6.45, 7) is 3.45. The predicted octanol–water partition coefficient (Wildman–Crippen LogP) is 5.39. The molecule has 0 radical (unpaired) electrons. The Morgan fingerprint density at radius 3 is 2.35 bits per heavy atom. The number of rotatable bonds is 5. The van der Waals surface area contributed by atoms with Gasteiger partial charge in [0.25, 0.3) is 5.91 Å². The van der Waals surface area contributed by atoms with Gasteiger partial charge in [-0.25, -0.2) is 9.97 Å². The first-order valence-corrected chi connectivity index (χ1v) is 10.5. The van der Waals surface area contributed by atoms with Gasteiger partial charge in [0.2, 0.25) is 5.91 Å². The average molecular weight is 429 g/mol. The summed E-state index contributed by atoms with van der Waals surface area (Å²) < 4.78 is 0. The lowest BCUT2D eigenvalue weighted by Gasteiger charge is -2.08. The van der Waals surface area contributed by atoms with E-state index in [1.807, 2.05) is 42.5 Å². The smallest absolute Gasteiger partial charge is 0.255 e. The number of hydrogen-bond donors (Lipinski definition) is 2. The Kier molecular flexibility index (Phi) is 5.86. The van der Waals surface area contributed by atoms with Gasteiger partial charge in [0.05, 0.1) is 5.69 Å². The van der Waals surface area contributed by atoms with E-state index in [0.717, 1.165) is 26.7 Å².